The van der Waals surface area contributed by atoms with Crippen molar-refractivity contribution in [3.05, 3.63) is 59.7 Å². The van der Waals surface area contributed by atoms with E-state index in [1.54, 1.807) is 48.5 Å². The first kappa shape index (κ1) is 21.0. The van der Waals surface area contributed by atoms with Crippen LogP contribution < -0.4 is 10.6 Å². The van der Waals surface area contributed by atoms with Crippen molar-refractivity contribution in [3.8, 4) is 0 Å². The van der Waals surface area contributed by atoms with Crippen LogP contribution in [0.4, 0.5) is 11.4 Å². The number of carbonyl (C=O) groups excluding carboxylic acids is 2. The quantitative estimate of drug-likeness (QED) is 0.749. The Balaban J connectivity index is 1.60. The van der Waals surface area contributed by atoms with Crippen LogP contribution in [0.3, 0.4) is 0 Å². The summed E-state index contributed by atoms with van der Waals surface area (Å²) in [6.07, 6.45) is 0. The Hall–Kier alpha value is -2.75. The molecule has 1 heterocycles. The minimum atomic E-state index is -3.41. The van der Waals surface area contributed by atoms with Crippen molar-refractivity contribution < 1.29 is 22.7 Å². The first-order chi connectivity index (χ1) is 13.8. The number of benzene rings is 2. The van der Waals surface area contributed by atoms with E-state index in [9.17, 15) is 18.0 Å². The Morgan fingerprint density at radius 1 is 0.931 bits per heavy atom. The van der Waals surface area contributed by atoms with Crippen LogP contribution in [-0.4, -0.2) is 50.8 Å². The van der Waals surface area contributed by atoms with Gasteiger partial charge in [0.1, 0.15) is 0 Å². The molecule has 1 aliphatic heterocycles. The van der Waals surface area contributed by atoms with Gasteiger partial charge in [-0.25, -0.2) is 8.42 Å². The second-order valence-electron chi connectivity index (χ2n) is 6.68. The molecule has 0 unspecified atom stereocenters. The summed E-state index contributed by atoms with van der Waals surface area (Å²) >= 11 is 0. The minimum Gasteiger partial charge on any atom is -0.379 e. The van der Waals surface area contributed by atoms with E-state index in [0.717, 1.165) is 0 Å². The zero-order chi connectivity index (χ0) is 20.9. The number of hydrogen-bond acceptors (Lipinski definition) is 5. The van der Waals surface area contributed by atoms with Crippen LogP contribution in [0.5, 0.6) is 0 Å². The molecule has 0 spiro atoms. The number of hydrogen-bond donors (Lipinski definition) is 2. The molecule has 8 nitrogen and oxygen atoms in total. The highest BCUT2D eigenvalue weighted by molar-refractivity contribution is 7.88. The average Bonchev–Trinajstić information content (AvgIpc) is 2.70. The molecule has 0 saturated carbocycles. The zero-order valence-corrected chi connectivity index (χ0v) is 16.9. The molecule has 1 aliphatic rings. The average molecular weight is 417 g/mol. The summed E-state index contributed by atoms with van der Waals surface area (Å²) in [4.78, 5) is 23.4. The van der Waals surface area contributed by atoms with Crippen molar-refractivity contribution in [3.63, 3.8) is 0 Å². The molecule has 2 N–H and O–H groups in total. The number of nitrogens with zero attached hydrogens (tertiary/aromatic N) is 1. The standard InChI is InChI=1S/C20H23N3O5S/c1-15(24)21-18-6-8-19(9-7-18)22-20(25)17-4-2-16(3-5-17)14-29(26,27)23-10-12-28-13-11-23/h2-9H,10-14H2,1H3,(H,21,24)(H,22,25). The molecule has 2 aromatic carbocycles. The van der Waals surface area contributed by atoms with Crippen LogP contribution in [0.25, 0.3) is 0 Å². The highest BCUT2D eigenvalue weighted by Gasteiger charge is 2.24. The van der Waals surface area contributed by atoms with Crippen molar-refractivity contribution in [1.29, 1.82) is 0 Å². The van der Waals surface area contributed by atoms with Gasteiger partial charge in [-0.15, -0.1) is 0 Å². The topological polar surface area (TPSA) is 105 Å². The van der Waals surface area contributed by atoms with Gasteiger partial charge in [0.2, 0.25) is 15.9 Å². The molecule has 0 atom stereocenters. The minimum absolute atomic E-state index is 0.112. The van der Waals surface area contributed by atoms with E-state index in [1.165, 1.54) is 11.2 Å². The molecule has 1 saturated heterocycles. The molecule has 0 aromatic heterocycles. The monoisotopic (exact) mass is 417 g/mol. The molecule has 0 bridgehead atoms. The number of nitrogens with one attached hydrogen (secondary N) is 2. The molecular formula is C20H23N3O5S. The van der Waals surface area contributed by atoms with E-state index in [2.05, 4.69) is 10.6 Å². The van der Waals surface area contributed by atoms with E-state index in [1.807, 2.05) is 0 Å². The van der Waals surface area contributed by atoms with E-state index in [0.29, 0.717) is 48.8 Å². The maximum atomic E-state index is 12.5. The second kappa shape index (κ2) is 9.17. The second-order valence-corrected chi connectivity index (χ2v) is 8.65. The van der Waals surface area contributed by atoms with E-state index < -0.39 is 10.0 Å². The molecular weight excluding hydrogens is 394 g/mol. The molecule has 154 valence electrons. The number of anilines is 2. The Morgan fingerprint density at radius 3 is 2.03 bits per heavy atom. The first-order valence-corrected chi connectivity index (χ1v) is 10.8. The fraction of sp³-hybridized carbons (Fsp3) is 0.300. The summed E-state index contributed by atoms with van der Waals surface area (Å²) in [6, 6.07) is 13.3. The maximum Gasteiger partial charge on any atom is 0.255 e. The third-order valence-electron chi connectivity index (χ3n) is 4.39. The van der Waals surface area contributed by atoms with Gasteiger partial charge in [0.05, 0.1) is 19.0 Å². The van der Waals surface area contributed by atoms with Gasteiger partial charge in [-0.1, -0.05) is 12.1 Å². The van der Waals surface area contributed by atoms with Crippen molar-refractivity contribution in [2.24, 2.45) is 0 Å². The first-order valence-electron chi connectivity index (χ1n) is 9.17. The maximum absolute atomic E-state index is 12.5. The summed E-state index contributed by atoms with van der Waals surface area (Å²) in [5.41, 5.74) is 2.26. The highest BCUT2D eigenvalue weighted by Crippen LogP contribution is 2.16. The lowest BCUT2D eigenvalue weighted by atomic mass is 10.1. The molecule has 3 rings (SSSR count). The lowest BCUT2D eigenvalue weighted by molar-refractivity contribution is -0.114. The number of morpholine rings is 1. The van der Waals surface area contributed by atoms with Crippen LogP contribution >= 0.6 is 0 Å². The number of sulfonamides is 1. The molecule has 0 radical (unpaired) electrons. The number of ether oxygens (including phenoxy) is 1. The van der Waals surface area contributed by atoms with Crippen molar-refractivity contribution in [2.75, 3.05) is 36.9 Å². The van der Waals surface area contributed by atoms with Crippen LogP contribution in [0, 0.1) is 0 Å². The van der Waals surface area contributed by atoms with Gasteiger partial charge in [-0.3, -0.25) is 9.59 Å². The van der Waals surface area contributed by atoms with Gasteiger partial charge in [-0.05, 0) is 42.0 Å². The summed E-state index contributed by atoms with van der Waals surface area (Å²) in [6.45, 7) is 2.97. The van der Waals surface area contributed by atoms with Gasteiger partial charge in [-0.2, -0.15) is 4.31 Å². The molecule has 2 amide bonds. The molecule has 29 heavy (non-hydrogen) atoms. The van der Waals surface area contributed by atoms with Gasteiger partial charge in [0.15, 0.2) is 0 Å². The summed E-state index contributed by atoms with van der Waals surface area (Å²) in [5.74, 6) is -0.586. The van der Waals surface area contributed by atoms with Crippen molar-refractivity contribution in [2.45, 2.75) is 12.7 Å². The fourth-order valence-corrected chi connectivity index (χ4v) is 4.42. The Labute approximate surface area is 169 Å². The lowest BCUT2D eigenvalue weighted by Crippen LogP contribution is -2.41. The Kier molecular flexibility index (Phi) is 6.63. The normalized spacial score (nSPS) is 14.9. The van der Waals surface area contributed by atoms with Crippen LogP contribution in [-0.2, 0) is 25.3 Å². The third-order valence-corrected chi connectivity index (χ3v) is 6.24. The largest absolute Gasteiger partial charge is 0.379 e. The molecule has 1 fully saturated rings. The van der Waals surface area contributed by atoms with E-state index in [4.69, 9.17) is 4.74 Å². The molecule has 2 aromatic rings. The SMILES string of the molecule is CC(=O)Nc1ccc(NC(=O)c2ccc(CS(=O)(=O)N3CCOCC3)cc2)cc1. The van der Waals surface area contributed by atoms with Gasteiger partial charge in [0, 0.05) is 37.0 Å². The predicted molar refractivity (Wildman–Crippen MR) is 110 cm³/mol. The Morgan fingerprint density at radius 2 is 1.48 bits per heavy atom. The third kappa shape index (κ3) is 5.86. The van der Waals surface area contributed by atoms with Gasteiger partial charge < -0.3 is 15.4 Å². The van der Waals surface area contributed by atoms with E-state index >= 15 is 0 Å². The highest BCUT2D eigenvalue weighted by atomic mass is 32.2. The van der Waals surface area contributed by atoms with Crippen LogP contribution in [0.1, 0.15) is 22.8 Å². The Bertz CT molecular complexity index is 966. The number of rotatable bonds is 6. The van der Waals surface area contributed by atoms with Crippen LogP contribution in [0.2, 0.25) is 0 Å². The van der Waals surface area contributed by atoms with Gasteiger partial charge in [0.25, 0.3) is 5.91 Å². The van der Waals surface area contributed by atoms with Crippen LogP contribution in [0.15, 0.2) is 48.5 Å². The van der Waals surface area contributed by atoms with E-state index in [-0.39, 0.29) is 17.6 Å². The van der Waals surface area contributed by atoms with Crippen molar-refractivity contribution in [1.82, 2.24) is 4.31 Å². The lowest BCUT2D eigenvalue weighted by Gasteiger charge is -2.26. The summed E-state index contributed by atoms with van der Waals surface area (Å²) in [7, 11) is -3.41. The number of carbonyl (C=O) groups is 2. The van der Waals surface area contributed by atoms with Gasteiger partial charge >= 0.3 is 0 Å². The summed E-state index contributed by atoms with van der Waals surface area (Å²) < 4.78 is 31.6. The molecule has 9 heteroatoms. The molecule has 0 aliphatic carbocycles. The zero-order valence-electron chi connectivity index (χ0n) is 16.1. The predicted octanol–water partition coefficient (Wildman–Crippen LogP) is 2.06. The smallest absolute Gasteiger partial charge is 0.255 e. The fourth-order valence-electron chi connectivity index (χ4n) is 2.92. The van der Waals surface area contributed by atoms with Crippen molar-refractivity contribution >= 4 is 33.2 Å². The summed E-state index contributed by atoms with van der Waals surface area (Å²) in [5, 5.41) is 5.42. The number of amides is 2.